The lowest BCUT2D eigenvalue weighted by atomic mass is 9.97. The molecule has 114 heavy (non-hydrogen) atoms. The highest BCUT2D eigenvalue weighted by atomic mass is 32.2. The topological polar surface area (TPSA) is 71.3 Å². The van der Waals surface area contributed by atoms with Gasteiger partial charge in [0.05, 0.1) is 66.6 Å². The predicted molar refractivity (Wildman–Crippen MR) is 474 cm³/mol. The fourth-order valence-electron chi connectivity index (χ4n) is 18.5. The van der Waals surface area contributed by atoms with Crippen molar-refractivity contribution in [3.05, 3.63) is 364 Å². The minimum Gasteiger partial charge on any atom is -0.309 e. The first-order valence-corrected chi connectivity index (χ1v) is 40.3. The molecule has 17 aromatic carbocycles. The van der Waals surface area contributed by atoms with Crippen molar-refractivity contribution in [2.24, 2.45) is 0 Å². The first-order chi connectivity index (χ1) is 56.5. The Bertz CT molecular complexity index is 8090. The number of fused-ring (bicyclic) bond motifs is 18. The molecule has 23 aromatic rings. The smallest absolute Gasteiger partial charge is 0.235 e. The van der Waals surface area contributed by atoms with Crippen LogP contribution in [0.5, 0.6) is 0 Å². The van der Waals surface area contributed by atoms with E-state index >= 15 is 0 Å². The molecule has 0 N–H and O–H groups in total. The van der Waals surface area contributed by atoms with Gasteiger partial charge in [-0.05, 0) is 194 Å². The molecule has 528 valence electrons. The Balaban J connectivity index is 0.620. The molecule has 0 radical (unpaired) electrons. The summed E-state index contributed by atoms with van der Waals surface area (Å²) in [6.45, 7) is 0. The van der Waals surface area contributed by atoms with E-state index in [4.69, 9.17) is 19.9 Å². The van der Waals surface area contributed by atoms with E-state index in [2.05, 4.69) is 382 Å². The standard InChI is InChI=1S/C104H60N8S2/c1-3-18-61(19-4-1)63-34-44-72(45-35-63)109-87-30-14-11-26-77(87)81-54-66(41-50-89(81)109)67-42-51-90-82(55-67)98-74-23-8-7-22-65(74)40-52-91(98)111(90)104-106-85-57-71(60-97-100(85)101(107-104)80-27-12-16-32-94(80)114-97)68-43-53-95-83(56-68)102-99-84(28-17-33-96(99)113-95)105-103(108-102)112-88-31-15-10-25-76(88)79-49-39-70(59-93(79)112)69-38-48-78-75-24-9-13-29-86(75)110(92(78)58-69)73-46-36-64(37-47-73)62-20-5-2-6-21-62/h1-60H. The highest BCUT2D eigenvalue weighted by Crippen LogP contribution is 2.53. The Hall–Kier alpha value is -14.4. The molecule has 0 saturated carbocycles. The van der Waals surface area contributed by atoms with Crippen molar-refractivity contribution >= 4 is 143 Å². The fraction of sp³-hybridized carbons (Fsp3) is 0. The van der Waals surface area contributed by atoms with Crippen LogP contribution in [0.3, 0.4) is 0 Å². The normalized spacial score (nSPS) is 12.5. The van der Waals surface area contributed by atoms with Crippen LogP contribution in [0.15, 0.2) is 384 Å². The van der Waals surface area contributed by atoms with Gasteiger partial charge >= 0.3 is 0 Å². The lowest BCUT2D eigenvalue weighted by Gasteiger charge is -2.22. The van der Waals surface area contributed by atoms with Crippen LogP contribution in [-0.4, -0.2) is 38.2 Å². The second-order valence-electron chi connectivity index (χ2n) is 30.0. The van der Waals surface area contributed by atoms with Gasteiger partial charge in [-0.25, -0.2) is 19.9 Å². The maximum atomic E-state index is 5.80. The average molecular weight is 1490 g/mol. The molecular formula is C104H60N8S2. The number of hydrogen-bond acceptors (Lipinski definition) is 6. The fourth-order valence-corrected chi connectivity index (χ4v) is 20.8. The first-order valence-electron chi connectivity index (χ1n) is 38.6. The SMILES string of the molecule is c1ccc(-c2ccc(-n3c4ccccc4c4cc(-c5ccc6c(c5)c5c7ccccc7ccc5n6-c5nc6c7c(cc(-c8ccc9c(c8)-c8nc(-n%10c%11ccccc%11c%11ccc(-c%12ccc%13c%14ccccc%14n(-c%14ccc(-c%15ccccc%15)cc%14)c%13c%12)cc%11%10)nc%10cccc(c8%10)S9)cc7n5)Sc5ccccc5-6)ccc43)cc2)cc1. The Morgan fingerprint density at radius 2 is 0.623 bits per heavy atom. The molecule has 0 fully saturated rings. The van der Waals surface area contributed by atoms with Gasteiger partial charge in [-0.15, -0.1) is 0 Å². The number of nitrogens with zero attached hydrogens (tertiary/aromatic N) is 8. The maximum Gasteiger partial charge on any atom is 0.235 e. The summed E-state index contributed by atoms with van der Waals surface area (Å²) < 4.78 is 9.41. The van der Waals surface area contributed by atoms with Crippen molar-refractivity contribution in [3.63, 3.8) is 0 Å². The molecule has 0 bridgehead atoms. The third-order valence-electron chi connectivity index (χ3n) is 23.8. The summed E-state index contributed by atoms with van der Waals surface area (Å²) in [6.07, 6.45) is 0. The van der Waals surface area contributed by atoms with E-state index < -0.39 is 0 Å². The van der Waals surface area contributed by atoms with Crippen LogP contribution >= 0.6 is 23.5 Å². The quantitative estimate of drug-likeness (QED) is 0.143. The van der Waals surface area contributed by atoms with Gasteiger partial charge in [0.15, 0.2) is 0 Å². The third kappa shape index (κ3) is 9.56. The number of aromatic nitrogens is 8. The minimum atomic E-state index is 0.619. The largest absolute Gasteiger partial charge is 0.309 e. The molecule has 2 aliphatic heterocycles. The van der Waals surface area contributed by atoms with Gasteiger partial charge in [-0.3, -0.25) is 9.13 Å². The lowest BCUT2D eigenvalue weighted by Crippen LogP contribution is -2.06. The minimum absolute atomic E-state index is 0.619. The third-order valence-corrected chi connectivity index (χ3v) is 26.0. The summed E-state index contributed by atoms with van der Waals surface area (Å²) in [5.41, 5.74) is 28.3. The van der Waals surface area contributed by atoms with Crippen LogP contribution in [0.2, 0.25) is 0 Å². The Labute approximate surface area is 661 Å². The summed E-state index contributed by atoms with van der Waals surface area (Å²) in [5.74, 6) is 1.24. The lowest BCUT2D eigenvalue weighted by molar-refractivity contribution is 1.01. The van der Waals surface area contributed by atoms with Crippen molar-refractivity contribution in [3.8, 4) is 101 Å². The van der Waals surface area contributed by atoms with Crippen LogP contribution < -0.4 is 0 Å². The summed E-state index contributed by atoms with van der Waals surface area (Å²) in [4.78, 5) is 27.4. The highest BCUT2D eigenvalue weighted by molar-refractivity contribution is 8.00. The summed E-state index contributed by atoms with van der Waals surface area (Å²) in [6, 6.07) is 133. The van der Waals surface area contributed by atoms with Gasteiger partial charge in [0, 0.05) is 95.9 Å². The molecule has 8 nitrogen and oxygen atoms in total. The van der Waals surface area contributed by atoms with E-state index in [0.717, 1.165) is 158 Å². The zero-order chi connectivity index (χ0) is 74.4. The number of rotatable bonds is 9. The van der Waals surface area contributed by atoms with Crippen molar-refractivity contribution in [2.75, 3.05) is 0 Å². The molecule has 25 rings (SSSR count). The zero-order valence-corrected chi connectivity index (χ0v) is 62.7. The van der Waals surface area contributed by atoms with Crippen molar-refractivity contribution in [1.29, 1.82) is 0 Å². The highest BCUT2D eigenvalue weighted by Gasteiger charge is 2.30. The van der Waals surface area contributed by atoms with Crippen molar-refractivity contribution < 1.29 is 0 Å². The molecule has 8 heterocycles. The van der Waals surface area contributed by atoms with Gasteiger partial charge < -0.3 is 9.13 Å². The second kappa shape index (κ2) is 24.5. The molecule has 6 aromatic heterocycles. The van der Waals surface area contributed by atoms with E-state index in [0.29, 0.717) is 11.9 Å². The maximum absolute atomic E-state index is 5.80. The van der Waals surface area contributed by atoms with E-state index in [1.807, 2.05) is 0 Å². The molecule has 0 unspecified atom stereocenters. The molecule has 2 aliphatic rings. The molecule has 0 amide bonds. The number of benzene rings is 17. The van der Waals surface area contributed by atoms with Crippen LogP contribution in [0.4, 0.5) is 0 Å². The van der Waals surface area contributed by atoms with Gasteiger partial charge in [0.1, 0.15) is 0 Å². The first kappa shape index (κ1) is 63.4. The van der Waals surface area contributed by atoms with Gasteiger partial charge in [-0.1, -0.05) is 260 Å². The Morgan fingerprint density at radius 1 is 0.193 bits per heavy atom. The Kier molecular flexibility index (Phi) is 13.6. The molecule has 10 heteroatoms. The molecule has 0 spiro atoms. The van der Waals surface area contributed by atoms with Crippen LogP contribution in [0.1, 0.15) is 0 Å². The van der Waals surface area contributed by atoms with Gasteiger partial charge in [0.25, 0.3) is 0 Å². The molecular weight excluding hydrogens is 1430 g/mol. The Morgan fingerprint density at radius 3 is 1.30 bits per heavy atom. The van der Waals surface area contributed by atoms with Crippen LogP contribution in [-0.2, 0) is 0 Å². The van der Waals surface area contributed by atoms with E-state index in [9.17, 15) is 0 Å². The van der Waals surface area contributed by atoms with Crippen molar-refractivity contribution in [2.45, 2.75) is 19.6 Å². The van der Waals surface area contributed by atoms with Crippen LogP contribution in [0, 0.1) is 0 Å². The zero-order valence-electron chi connectivity index (χ0n) is 61.0. The van der Waals surface area contributed by atoms with Gasteiger partial charge in [0.2, 0.25) is 11.9 Å². The average Bonchev–Trinajstić information content (AvgIpc) is 1.42. The predicted octanol–water partition coefficient (Wildman–Crippen LogP) is 27.7. The summed E-state index contributed by atoms with van der Waals surface area (Å²) >= 11 is 3.58. The molecule has 0 atom stereocenters. The number of para-hydroxylation sites is 3. The monoisotopic (exact) mass is 1480 g/mol. The van der Waals surface area contributed by atoms with E-state index in [1.54, 1.807) is 23.5 Å². The van der Waals surface area contributed by atoms with Gasteiger partial charge in [-0.2, -0.15) is 0 Å². The molecule has 0 aliphatic carbocycles. The van der Waals surface area contributed by atoms with E-state index in [1.165, 1.54) is 71.0 Å². The summed E-state index contributed by atoms with van der Waals surface area (Å²) in [7, 11) is 0. The summed E-state index contributed by atoms with van der Waals surface area (Å²) in [5, 5.41) is 13.9. The number of hydrogen-bond donors (Lipinski definition) is 0. The van der Waals surface area contributed by atoms with E-state index in [-0.39, 0.29) is 0 Å². The van der Waals surface area contributed by atoms with Crippen molar-refractivity contribution in [1.82, 2.24) is 38.2 Å². The second-order valence-corrected chi connectivity index (χ2v) is 32.2. The van der Waals surface area contributed by atoms with Crippen LogP contribution in [0.25, 0.3) is 221 Å². The molecule has 0 saturated heterocycles.